The number of hydrogen-bond donors (Lipinski definition) is 1. The second kappa shape index (κ2) is 6.36. The number of rotatable bonds is 5. The first-order valence-electron chi connectivity index (χ1n) is 6.22. The largest absolute Gasteiger partial charge is 0.363 e. The Kier molecular flexibility index (Phi) is 4.55. The van der Waals surface area contributed by atoms with Crippen molar-refractivity contribution in [1.29, 1.82) is 0 Å². The maximum absolute atomic E-state index is 13.9. The van der Waals surface area contributed by atoms with Crippen molar-refractivity contribution >= 4 is 5.82 Å². The van der Waals surface area contributed by atoms with E-state index in [9.17, 15) is 13.2 Å². The Labute approximate surface area is 114 Å². The maximum Gasteiger partial charge on any atom is 0.263 e. The van der Waals surface area contributed by atoms with Crippen LogP contribution in [-0.4, -0.2) is 9.97 Å². The molecule has 0 atom stereocenters. The zero-order valence-corrected chi connectivity index (χ0v) is 10.9. The molecule has 20 heavy (non-hydrogen) atoms. The number of aromatic nitrogens is 2. The Morgan fingerprint density at radius 2 is 1.85 bits per heavy atom. The van der Waals surface area contributed by atoms with Crippen molar-refractivity contribution < 1.29 is 13.2 Å². The number of anilines is 1. The molecule has 0 spiro atoms. The van der Waals surface area contributed by atoms with E-state index in [0.717, 1.165) is 5.56 Å². The van der Waals surface area contributed by atoms with Gasteiger partial charge in [0.15, 0.2) is 11.6 Å². The lowest BCUT2D eigenvalue weighted by atomic mass is 10.1. The highest BCUT2D eigenvalue weighted by molar-refractivity contribution is 5.38. The first kappa shape index (κ1) is 14.3. The monoisotopic (exact) mass is 281 g/mol. The molecule has 2 aromatic rings. The molecular formula is C14H14F3N3. The summed E-state index contributed by atoms with van der Waals surface area (Å²) >= 11 is 0. The Balaban J connectivity index is 2.05. The van der Waals surface area contributed by atoms with E-state index < -0.39 is 12.2 Å². The van der Waals surface area contributed by atoms with Crippen LogP contribution >= 0.6 is 0 Å². The summed E-state index contributed by atoms with van der Waals surface area (Å²) in [6.07, 6.45) is -0.709. The molecule has 0 aliphatic rings. The Hall–Kier alpha value is -2.11. The third kappa shape index (κ3) is 3.26. The van der Waals surface area contributed by atoms with Crippen LogP contribution < -0.4 is 5.32 Å². The van der Waals surface area contributed by atoms with Gasteiger partial charge in [0.2, 0.25) is 0 Å². The summed E-state index contributed by atoms with van der Waals surface area (Å²) in [5.41, 5.74) is 1.08. The minimum absolute atomic E-state index is 0.0322. The first-order valence-corrected chi connectivity index (χ1v) is 6.22. The second-order valence-corrected chi connectivity index (χ2v) is 4.23. The van der Waals surface area contributed by atoms with E-state index in [-0.39, 0.29) is 11.4 Å². The molecule has 1 aromatic heterocycles. The summed E-state index contributed by atoms with van der Waals surface area (Å²) in [6, 6.07) is 5.87. The van der Waals surface area contributed by atoms with Crippen LogP contribution in [0.25, 0.3) is 0 Å². The van der Waals surface area contributed by atoms with Crippen LogP contribution in [0.3, 0.4) is 0 Å². The molecule has 1 heterocycles. The topological polar surface area (TPSA) is 37.8 Å². The van der Waals surface area contributed by atoms with E-state index in [4.69, 9.17) is 0 Å². The fourth-order valence-corrected chi connectivity index (χ4v) is 1.74. The van der Waals surface area contributed by atoms with Crippen LogP contribution in [-0.2, 0) is 13.0 Å². The summed E-state index contributed by atoms with van der Waals surface area (Å²) in [5.74, 6) is -0.353. The van der Waals surface area contributed by atoms with Crippen LogP contribution in [0.5, 0.6) is 0 Å². The molecule has 0 unspecified atom stereocenters. The summed E-state index contributed by atoms with van der Waals surface area (Å²) in [7, 11) is 0. The summed E-state index contributed by atoms with van der Waals surface area (Å²) in [4.78, 5) is 7.66. The number of alkyl halides is 2. The third-order valence-corrected chi connectivity index (χ3v) is 2.89. The SMILES string of the molecule is CCc1ncnc(NCc2ccc(C(F)F)cc2)c1F. The van der Waals surface area contributed by atoms with Crippen LogP contribution in [0.4, 0.5) is 19.0 Å². The van der Waals surface area contributed by atoms with Gasteiger partial charge in [0.25, 0.3) is 6.43 Å². The van der Waals surface area contributed by atoms with Gasteiger partial charge in [-0.05, 0) is 12.0 Å². The predicted molar refractivity (Wildman–Crippen MR) is 70.1 cm³/mol. The molecule has 106 valence electrons. The zero-order valence-electron chi connectivity index (χ0n) is 10.9. The van der Waals surface area contributed by atoms with E-state index in [1.165, 1.54) is 18.5 Å². The van der Waals surface area contributed by atoms with Crippen LogP contribution in [0.15, 0.2) is 30.6 Å². The minimum Gasteiger partial charge on any atom is -0.363 e. The predicted octanol–water partition coefficient (Wildman–Crippen LogP) is 3.73. The van der Waals surface area contributed by atoms with Gasteiger partial charge < -0.3 is 5.32 Å². The molecular weight excluding hydrogens is 267 g/mol. The number of aryl methyl sites for hydroxylation is 1. The fourth-order valence-electron chi connectivity index (χ4n) is 1.74. The van der Waals surface area contributed by atoms with E-state index in [2.05, 4.69) is 15.3 Å². The van der Waals surface area contributed by atoms with Crippen molar-refractivity contribution in [3.8, 4) is 0 Å². The molecule has 0 radical (unpaired) electrons. The van der Waals surface area contributed by atoms with Crippen molar-refractivity contribution in [2.45, 2.75) is 26.3 Å². The van der Waals surface area contributed by atoms with Crippen LogP contribution in [0, 0.1) is 5.82 Å². The number of nitrogens with one attached hydrogen (secondary N) is 1. The van der Waals surface area contributed by atoms with E-state index in [1.54, 1.807) is 19.1 Å². The van der Waals surface area contributed by atoms with E-state index >= 15 is 0 Å². The van der Waals surface area contributed by atoms with Gasteiger partial charge in [-0.15, -0.1) is 0 Å². The van der Waals surface area contributed by atoms with Gasteiger partial charge in [0, 0.05) is 12.1 Å². The number of halogens is 3. The van der Waals surface area contributed by atoms with Crippen molar-refractivity contribution in [3.05, 3.63) is 53.2 Å². The standard InChI is InChI=1S/C14H14F3N3/c1-2-11-12(15)14(20-8-19-11)18-7-9-3-5-10(6-4-9)13(16)17/h3-6,8,13H,2,7H2,1H3,(H,18,19,20). The van der Waals surface area contributed by atoms with E-state index in [0.29, 0.717) is 18.7 Å². The highest BCUT2D eigenvalue weighted by Crippen LogP contribution is 2.19. The molecule has 0 amide bonds. The molecule has 0 bridgehead atoms. The maximum atomic E-state index is 13.9. The average molecular weight is 281 g/mol. The molecule has 1 N–H and O–H groups in total. The van der Waals surface area contributed by atoms with Crippen molar-refractivity contribution in [2.75, 3.05) is 5.32 Å². The van der Waals surface area contributed by atoms with Gasteiger partial charge in [-0.2, -0.15) is 0 Å². The molecule has 2 rings (SSSR count). The number of benzene rings is 1. The van der Waals surface area contributed by atoms with Crippen molar-refractivity contribution in [1.82, 2.24) is 9.97 Å². The highest BCUT2D eigenvalue weighted by atomic mass is 19.3. The summed E-state index contributed by atoms with van der Waals surface area (Å²) in [6.45, 7) is 2.11. The first-order chi connectivity index (χ1) is 9.61. The zero-order chi connectivity index (χ0) is 14.5. The van der Waals surface area contributed by atoms with Crippen molar-refractivity contribution in [2.24, 2.45) is 0 Å². The Morgan fingerprint density at radius 3 is 2.45 bits per heavy atom. The van der Waals surface area contributed by atoms with Crippen molar-refractivity contribution in [3.63, 3.8) is 0 Å². The Morgan fingerprint density at radius 1 is 1.15 bits per heavy atom. The molecule has 0 fully saturated rings. The normalized spacial score (nSPS) is 10.8. The molecule has 3 nitrogen and oxygen atoms in total. The Bertz CT molecular complexity index is 570. The van der Waals surface area contributed by atoms with Crippen LogP contribution in [0.1, 0.15) is 30.2 Å². The van der Waals surface area contributed by atoms with E-state index in [1.807, 2.05) is 0 Å². The lowest BCUT2D eigenvalue weighted by Gasteiger charge is -2.08. The van der Waals surface area contributed by atoms with Gasteiger partial charge in [0.05, 0.1) is 5.69 Å². The van der Waals surface area contributed by atoms with Gasteiger partial charge in [0.1, 0.15) is 6.33 Å². The second-order valence-electron chi connectivity index (χ2n) is 4.23. The molecule has 0 aliphatic carbocycles. The fraction of sp³-hybridized carbons (Fsp3) is 0.286. The number of hydrogen-bond acceptors (Lipinski definition) is 3. The van der Waals surface area contributed by atoms with Gasteiger partial charge in [-0.3, -0.25) is 0 Å². The summed E-state index contributed by atoms with van der Waals surface area (Å²) < 4.78 is 38.7. The third-order valence-electron chi connectivity index (χ3n) is 2.89. The molecule has 0 aliphatic heterocycles. The molecule has 0 saturated heterocycles. The quantitative estimate of drug-likeness (QED) is 0.907. The van der Waals surface area contributed by atoms with Gasteiger partial charge >= 0.3 is 0 Å². The highest BCUT2D eigenvalue weighted by Gasteiger charge is 2.09. The smallest absolute Gasteiger partial charge is 0.263 e. The molecule has 0 saturated carbocycles. The lowest BCUT2D eigenvalue weighted by molar-refractivity contribution is 0.151. The molecule has 6 heteroatoms. The summed E-state index contributed by atoms with van der Waals surface area (Å²) in [5, 5.41) is 2.84. The molecule has 1 aromatic carbocycles. The average Bonchev–Trinajstić information content (AvgIpc) is 2.46. The van der Waals surface area contributed by atoms with Gasteiger partial charge in [-0.1, -0.05) is 31.2 Å². The van der Waals surface area contributed by atoms with Gasteiger partial charge in [-0.25, -0.2) is 23.1 Å². The van der Waals surface area contributed by atoms with Crippen LogP contribution in [0.2, 0.25) is 0 Å². The minimum atomic E-state index is -2.48. The number of nitrogens with zero attached hydrogens (tertiary/aromatic N) is 2. The lowest BCUT2D eigenvalue weighted by Crippen LogP contribution is -2.06.